The Kier molecular flexibility index (Phi) is 2.36. The number of H-pyrrole nitrogens is 1. The van der Waals surface area contributed by atoms with Gasteiger partial charge in [-0.25, -0.2) is 0 Å². The molecule has 0 bridgehead atoms. The number of rotatable bonds is 3. The van der Waals surface area contributed by atoms with Gasteiger partial charge in [0, 0.05) is 6.42 Å². The summed E-state index contributed by atoms with van der Waals surface area (Å²) in [5, 5.41) is 24.9. The first-order valence-electron chi connectivity index (χ1n) is 3.21. The Balaban J connectivity index is 2.84. The highest BCUT2D eigenvalue weighted by Crippen LogP contribution is 2.14. The summed E-state index contributed by atoms with van der Waals surface area (Å²) in [6.07, 6.45) is -0.0299. The molecule has 1 aromatic heterocycles. The second-order valence-electron chi connectivity index (χ2n) is 2.26. The van der Waals surface area contributed by atoms with E-state index in [0.29, 0.717) is 0 Å². The molecule has 0 amide bonds. The van der Waals surface area contributed by atoms with Crippen molar-refractivity contribution in [3.63, 3.8) is 0 Å². The normalized spacial score (nSPS) is 12.8. The Labute approximate surface area is 67.3 Å². The molecule has 1 atom stereocenters. The summed E-state index contributed by atoms with van der Waals surface area (Å²) in [6.45, 7) is 0. The van der Waals surface area contributed by atoms with Crippen LogP contribution in [0.2, 0.25) is 0 Å². The van der Waals surface area contributed by atoms with Crippen molar-refractivity contribution in [1.82, 2.24) is 10.2 Å². The molecule has 0 saturated heterocycles. The van der Waals surface area contributed by atoms with Crippen molar-refractivity contribution in [3.05, 3.63) is 22.0 Å². The molecule has 66 valence electrons. The maximum atomic E-state index is 10.3. The maximum absolute atomic E-state index is 10.3. The topological polar surface area (TPSA) is 118 Å². The van der Waals surface area contributed by atoms with Crippen LogP contribution < -0.4 is 5.73 Å². The van der Waals surface area contributed by atoms with Gasteiger partial charge < -0.3 is 10.8 Å². The van der Waals surface area contributed by atoms with Gasteiger partial charge in [0.2, 0.25) is 0 Å². The van der Waals surface area contributed by atoms with Gasteiger partial charge in [-0.2, -0.15) is 5.10 Å². The Morgan fingerprint density at radius 3 is 3.08 bits per heavy atom. The summed E-state index contributed by atoms with van der Waals surface area (Å²) in [7, 11) is 0. The SMILES string of the molecule is NC(O)Cc1[nH]ncc1[N+](=O)[O-]. The highest BCUT2D eigenvalue weighted by molar-refractivity contribution is 5.31. The molecule has 0 radical (unpaired) electrons. The van der Waals surface area contributed by atoms with E-state index in [1.54, 1.807) is 0 Å². The monoisotopic (exact) mass is 172 g/mol. The van der Waals surface area contributed by atoms with E-state index in [1.165, 1.54) is 0 Å². The molecule has 0 saturated carbocycles. The molecule has 0 aliphatic heterocycles. The van der Waals surface area contributed by atoms with Crippen LogP contribution in [0.25, 0.3) is 0 Å². The van der Waals surface area contributed by atoms with Crippen LogP contribution in [-0.4, -0.2) is 26.5 Å². The van der Waals surface area contributed by atoms with E-state index < -0.39 is 11.2 Å². The Morgan fingerprint density at radius 1 is 1.92 bits per heavy atom. The molecule has 0 spiro atoms. The number of aromatic nitrogens is 2. The smallest absolute Gasteiger partial charge is 0.310 e. The Hall–Kier alpha value is -1.47. The first-order chi connectivity index (χ1) is 5.61. The molecule has 1 heterocycles. The summed E-state index contributed by atoms with van der Waals surface area (Å²) in [6, 6.07) is 0. The van der Waals surface area contributed by atoms with Gasteiger partial charge >= 0.3 is 5.69 Å². The van der Waals surface area contributed by atoms with Gasteiger partial charge in [0.15, 0.2) is 0 Å². The fraction of sp³-hybridized carbons (Fsp3) is 0.400. The minimum Gasteiger partial charge on any atom is -0.378 e. The van der Waals surface area contributed by atoms with Gasteiger partial charge in [-0.1, -0.05) is 0 Å². The summed E-state index contributed by atoms with van der Waals surface area (Å²) >= 11 is 0. The molecule has 0 aromatic carbocycles. The Bertz CT molecular complexity index is 282. The predicted molar refractivity (Wildman–Crippen MR) is 39.1 cm³/mol. The van der Waals surface area contributed by atoms with Gasteiger partial charge in [-0.05, 0) is 0 Å². The van der Waals surface area contributed by atoms with Crippen LogP contribution in [0.15, 0.2) is 6.20 Å². The summed E-state index contributed by atoms with van der Waals surface area (Å²) in [5.74, 6) is 0. The van der Waals surface area contributed by atoms with Crippen molar-refractivity contribution >= 4 is 5.69 Å². The zero-order valence-electron chi connectivity index (χ0n) is 6.10. The molecule has 0 aliphatic rings. The third kappa shape index (κ3) is 1.77. The number of aliphatic hydroxyl groups is 1. The number of nitrogens with zero attached hydrogens (tertiary/aromatic N) is 2. The number of aliphatic hydroxyl groups excluding tert-OH is 1. The molecule has 0 aliphatic carbocycles. The van der Waals surface area contributed by atoms with Crippen molar-refractivity contribution in [2.45, 2.75) is 12.6 Å². The minimum atomic E-state index is -1.11. The highest BCUT2D eigenvalue weighted by Gasteiger charge is 2.16. The van der Waals surface area contributed by atoms with E-state index in [-0.39, 0.29) is 17.8 Å². The van der Waals surface area contributed by atoms with Gasteiger partial charge in [-0.3, -0.25) is 15.2 Å². The van der Waals surface area contributed by atoms with E-state index >= 15 is 0 Å². The fourth-order valence-corrected chi connectivity index (χ4v) is 0.823. The third-order valence-corrected chi connectivity index (χ3v) is 1.31. The van der Waals surface area contributed by atoms with Crippen LogP contribution in [0.4, 0.5) is 5.69 Å². The molecular weight excluding hydrogens is 164 g/mol. The number of nitrogens with one attached hydrogen (secondary N) is 1. The van der Waals surface area contributed by atoms with Gasteiger partial charge in [0.1, 0.15) is 18.1 Å². The fourth-order valence-electron chi connectivity index (χ4n) is 0.823. The number of aromatic amines is 1. The van der Waals surface area contributed by atoms with E-state index in [4.69, 9.17) is 10.8 Å². The lowest BCUT2D eigenvalue weighted by atomic mass is 10.2. The van der Waals surface area contributed by atoms with Crippen LogP contribution in [0.3, 0.4) is 0 Å². The van der Waals surface area contributed by atoms with E-state index in [2.05, 4.69) is 10.2 Å². The van der Waals surface area contributed by atoms with Crippen molar-refractivity contribution in [2.75, 3.05) is 0 Å². The maximum Gasteiger partial charge on any atom is 0.310 e. The lowest BCUT2D eigenvalue weighted by Crippen LogP contribution is -2.22. The molecule has 4 N–H and O–H groups in total. The van der Waals surface area contributed by atoms with Crippen molar-refractivity contribution < 1.29 is 10.0 Å². The van der Waals surface area contributed by atoms with Crippen LogP contribution in [-0.2, 0) is 6.42 Å². The molecule has 7 nitrogen and oxygen atoms in total. The van der Waals surface area contributed by atoms with Gasteiger partial charge in [-0.15, -0.1) is 0 Å². The minimum absolute atomic E-state index is 0.00366. The summed E-state index contributed by atoms with van der Waals surface area (Å²) in [4.78, 5) is 9.71. The summed E-state index contributed by atoms with van der Waals surface area (Å²) < 4.78 is 0. The number of nitrogens with two attached hydrogens (primary N) is 1. The lowest BCUT2D eigenvalue weighted by molar-refractivity contribution is -0.385. The molecule has 0 fully saturated rings. The molecule has 12 heavy (non-hydrogen) atoms. The molecule has 1 unspecified atom stereocenters. The van der Waals surface area contributed by atoms with Crippen LogP contribution in [0.5, 0.6) is 0 Å². The average Bonchev–Trinajstić information content (AvgIpc) is 2.33. The van der Waals surface area contributed by atoms with Crippen molar-refractivity contribution in [2.24, 2.45) is 5.73 Å². The zero-order valence-corrected chi connectivity index (χ0v) is 6.10. The Morgan fingerprint density at radius 2 is 2.58 bits per heavy atom. The van der Waals surface area contributed by atoms with Crippen LogP contribution >= 0.6 is 0 Å². The number of hydrogen-bond donors (Lipinski definition) is 3. The first kappa shape index (κ1) is 8.62. The zero-order chi connectivity index (χ0) is 9.14. The second kappa shape index (κ2) is 3.28. The molecule has 1 aromatic rings. The van der Waals surface area contributed by atoms with Crippen molar-refractivity contribution in [3.8, 4) is 0 Å². The molecular formula is C5H8N4O3. The number of nitro groups is 1. The first-order valence-corrected chi connectivity index (χ1v) is 3.21. The van der Waals surface area contributed by atoms with E-state index in [1.807, 2.05) is 0 Å². The number of hydrogen-bond acceptors (Lipinski definition) is 5. The largest absolute Gasteiger partial charge is 0.378 e. The lowest BCUT2D eigenvalue weighted by Gasteiger charge is -1.99. The molecule has 1 rings (SSSR count). The van der Waals surface area contributed by atoms with E-state index in [9.17, 15) is 10.1 Å². The van der Waals surface area contributed by atoms with Gasteiger partial charge in [0.25, 0.3) is 0 Å². The van der Waals surface area contributed by atoms with Crippen molar-refractivity contribution in [1.29, 1.82) is 0 Å². The quantitative estimate of drug-likeness (QED) is 0.311. The van der Waals surface area contributed by atoms with E-state index in [0.717, 1.165) is 6.20 Å². The highest BCUT2D eigenvalue weighted by atomic mass is 16.6. The van der Waals surface area contributed by atoms with Gasteiger partial charge in [0.05, 0.1) is 4.92 Å². The predicted octanol–water partition coefficient (Wildman–Crippen LogP) is -0.863. The summed E-state index contributed by atoms with van der Waals surface area (Å²) in [5.41, 5.74) is 5.12. The standard InChI is InChI=1S/C5H8N4O3/c6-5(10)1-3-4(9(11)12)2-7-8-3/h2,5,10H,1,6H2,(H,7,8). The second-order valence-corrected chi connectivity index (χ2v) is 2.26. The van der Waals surface area contributed by atoms with Crippen LogP contribution in [0, 0.1) is 10.1 Å². The average molecular weight is 172 g/mol. The molecule has 7 heteroatoms. The third-order valence-electron chi connectivity index (χ3n) is 1.31. The van der Waals surface area contributed by atoms with Crippen LogP contribution in [0.1, 0.15) is 5.69 Å².